The van der Waals surface area contributed by atoms with Gasteiger partial charge in [-0.2, -0.15) is 0 Å². The minimum Gasteiger partial charge on any atom is -0.377 e. The minimum absolute atomic E-state index is 0.0154. The number of methoxy groups -OCH3 is 1. The highest BCUT2D eigenvalue weighted by Gasteiger charge is 2.38. The number of nitrogens with one attached hydrogen (secondary N) is 1. The van der Waals surface area contributed by atoms with Crippen LogP contribution in [-0.4, -0.2) is 25.3 Å². The molecule has 0 spiro atoms. The van der Waals surface area contributed by atoms with Crippen molar-refractivity contribution in [1.82, 2.24) is 5.32 Å². The Bertz CT molecular complexity index is 382. The van der Waals surface area contributed by atoms with Crippen LogP contribution in [0.15, 0.2) is 30.3 Å². The molecule has 0 bridgehead atoms. The summed E-state index contributed by atoms with van der Waals surface area (Å²) in [5.74, 6) is 0. The third-order valence-corrected chi connectivity index (χ3v) is 4.91. The van der Waals surface area contributed by atoms with Crippen molar-refractivity contribution >= 4 is 0 Å². The van der Waals surface area contributed by atoms with Crippen LogP contribution in [0.3, 0.4) is 0 Å². The third-order valence-electron chi connectivity index (χ3n) is 4.91. The maximum Gasteiger partial charge on any atom is 0.0834 e. The normalized spacial score (nSPS) is 19.9. The van der Waals surface area contributed by atoms with Gasteiger partial charge in [0.1, 0.15) is 0 Å². The molecule has 0 radical (unpaired) electrons. The SMILES string of the molecule is CCCNC(Cc1ccccc1)C1(OC)CCCCCC1. The van der Waals surface area contributed by atoms with Crippen LogP contribution in [0.25, 0.3) is 0 Å². The van der Waals surface area contributed by atoms with Gasteiger partial charge in [0.25, 0.3) is 0 Å². The molecule has 1 saturated carbocycles. The summed E-state index contributed by atoms with van der Waals surface area (Å²) in [6.07, 6.45) is 9.93. The summed E-state index contributed by atoms with van der Waals surface area (Å²) in [5, 5.41) is 3.78. The van der Waals surface area contributed by atoms with E-state index in [-0.39, 0.29) is 5.60 Å². The van der Waals surface area contributed by atoms with E-state index in [1.54, 1.807) is 0 Å². The quantitative estimate of drug-likeness (QED) is 0.754. The van der Waals surface area contributed by atoms with Gasteiger partial charge in [0.2, 0.25) is 0 Å². The van der Waals surface area contributed by atoms with Crippen molar-refractivity contribution in [2.75, 3.05) is 13.7 Å². The maximum absolute atomic E-state index is 6.13. The fourth-order valence-corrected chi connectivity index (χ4v) is 3.63. The first-order chi connectivity index (χ1) is 10.3. The van der Waals surface area contributed by atoms with Crippen LogP contribution >= 0.6 is 0 Å². The molecule has 1 unspecified atom stereocenters. The van der Waals surface area contributed by atoms with Crippen LogP contribution in [0, 0.1) is 0 Å². The van der Waals surface area contributed by atoms with Crippen LogP contribution in [0.5, 0.6) is 0 Å². The van der Waals surface area contributed by atoms with Crippen molar-refractivity contribution in [3.63, 3.8) is 0 Å². The van der Waals surface area contributed by atoms with E-state index < -0.39 is 0 Å². The molecule has 1 aromatic carbocycles. The molecule has 0 aliphatic heterocycles. The second-order valence-corrected chi connectivity index (χ2v) is 6.38. The molecule has 118 valence electrons. The lowest BCUT2D eigenvalue weighted by molar-refractivity contribution is -0.0526. The first kappa shape index (κ1) is 16.5. The van der Waals surface area contributed by atoms with Gasteiger partial charge in [-0.15, -0.1) is 0 Å². The Kier molecular flexibility index (Phi) is 6.72. The van der Waals surface area contributed by atoms with Crippen LogP contribution in [0.2, 0.25) is 0 Å². The Morgan fingerprint density at radius 1 is 1.10 bits per heavy atom. The average Bonchev–Trinajstić information content (AvgIpc) is 2.79. The zero-order valence-corrected chi connectivity index (χ0v) is 13.7. The molecule has 1 aliphatic carbocycles. The van der Waals surface area contributed by atoms with E-state index in [1.807, 2.05) is 7.11 Å². The summed E-state index contributed by atoms with van der Waals surface area (Å²) in [5.41, 5.74) is 1.42. The highest BCUT2D eigenvalue weighted by molar-refractivity contribution is 5.17. The Balaban J connectivity index is 2.15. The van der Waals surface area contributed by atoms with Gasteiger partial charge in [-0.3, -0.25) is 0 Å². The molecule has 0 saturated heterocycles. The highest BCUT2D eigenvalue weighted by Crippen LogP contribution is 2.34. The number of benzene rings is 1. The molecule has 0 aromatic heterocycles. The molecule has 2 heteroatoms. The van der Waals surface area contributed by atoms with E-state index in [9.17, 15) is 0 Å². The first-order valence-electron chi connectivity index (χ1n) is 8.63. The van der Waals surface area contributed by atoms with E-state index in [4.69, 9.17) is 4.74 Å². The van der Waals surface area contributed by atoms with Crippen molar-refractivity contribution in [3.8, 4) is 0 Å². The summed E-state index contributed by atoms with van der Waals surface area (Å²) in [6, 6.07) is 11.3. The largest absolute Gasteiger partial charge is 0.377 e. The standard InChI is InChI=1S/C19H31NO/c1-3-15-20-18(16-17-11-7-6-8-12-17)19(21-2)13-9-4-5-10-14-19/h6-8,11-12,18,20H,3-5,9-10,13-16H2,1-2H3. The van der Waals surface area contributed by atoms with Crippen molar-refractivity contribution < 1.29 is 4.74 Å². The molecular formula is C19H31NO. The molecule has 0 amide bonds. The van der Waals surface area contributed by atoms with Crippen LogP contribution in [-0.2, 0) is 11.2 Å². The highest BCUT2D eigenvalue weighted by atomic mass is 16.5. The van der Waals surface area contributed by atoms with Gasteiger partial charge in [0, 0.05) is 13.2 Å². The molecule has 2 nitrogen and oxygen atoms in total. The van der Waals surface area contributed by atoms with Crippen LogP contribution in [0.4, 0.5) is 0 Å². The first-order valence-corrected chi connectivity index (χ1v) is 8.63. The van der Waals surface area contributed by atoms with Gasteiger partial charge in [-0.05, 0) is 37.8 Å². The lowest BCUT2D eigenvalue weighted by Crippen LogP contribution is -2.53. The van der Waals surface area contributed by atoms with Gasteiger partial charge in [0.15, 0.2) is 0 Å². The second-order valence-electron chi connectivity index (χ2n) is 6.38. The number of ether oxygens (including phenoxy) is 1. The van der Waals surface area contributed by atoms with Crippen molar-refractivity contribution in [2.45, 2.75) is 69.9 Å². The van der Waals surface area contributed by atoms with E-state index in [0.29, 0.717) is 6.04 Å². The summed E-state index contributed by atoms with van der Waals surface area (Å²) in [6.45, 7) is 3.31. The van der Waals surface area contributed by atoms with Gasteiger partial charge in [-0.1, -0.05) is 62.9 Å². The monoisotopic (exact) mass is 289 g/mol. The fraction of sp³-hybridized carbons (Fsp3) is 0.684. The topological polar surface area (TPSA) is 21.3 Å². The number of hydrogen-bond donors (Lipinski definition) is 1. The molecule has 1 fully saturated rings. The summed E-state index contributed by atoms with van der Waals surface area (Å²) >= 11 is 0. The van der Waals surface area contributed by atoms with Crippen LogP contribution < -0.4 is 5.32 Å². The van der Waals surface area contributed by atoms with Crippen LogP contribution in [0.1, 0.15) is 57.4 Å². The second kappa shape index (κ2) is 8.55. The zero-order valence-electron chi connectivity index (χ0n) is 13.7. The fourth-order valence-electron chi connectivity index (χ4n) is 3.63. The third kappa shape index (κ3) is 4.55. The zero-order chi connectivity index (χ0) is 15.0. The Morgan fingerprint density at radius 3 is 2.33 bits per heavy atom. The van der Waals surface area contributed by atoms with Crippen molar-refractivity contribution in [2.24, 2.45) is 0 Å². The molecule has 1 aliphatic rings. The Labute approximate surface area is 130 Å². The molecule has 1 aromatic rings. The molecular weight excluding hydrogens is 258 g/mol. The lowest BCUT2D eigenvalue weighted by Gasteiger charge is -2.40. The molecule has 2 rings (SSSR count). The molecule has 0 heterocycles. The van der Waals surface area contributed by atoms with Gasteiger partial charge < -0.3 is 10.1 Å². The number of rotatable bonds is 7. The summed E-state index contributed by atoms with van der Waals surface area (Å²) in [7, 11) is 1.91. The van der Waals surface area contributed by atoms with Gasteiger partial charge in [0.05, 0.1) is 5.60 Å². The maximum atomic E-state index is 6.13. The Morgan fingerprint density at radius 2 is 1.76 bits per heavy atom. The molecule has 1 N–H and O–H groups in total. The van der Waals surface area contributed by atoms with Crippen molar-refractivity contribution in [3.05, 3.63) is 35.9 Å². The smallest absolute Gasteiger partial charge is 0.0834 e. The predicted molar refractivity (Wildman–Crippen MR) is 89.7 cm³/mol. The molecule has 21 heavy (non-hydrogen) atoms. The summed E-state index contributed by atoms with van der Waals surface area (Å²) in [4.78, 5) is 0. The molecule has 1 atom stereocenters. The average molecular weight is 289 g/mol. The van der Waals surface area contributed by atoms with Crippen molar-refractivity contribution in [1.29, 1.82) is 0 Å². The van der Waals surface area contributed by atoms with E-state index in [2.05, 4.69) is 42.6 Å². The minimum atomic E-state index is 0.0154. The predicted octanol–water partition coefficient (Wildman–Crippen LogP) is 4.34. The van der Waals surface area contributed by atoms with E-state index in [0.717, 1.165) is 13.0 Å². The number of hydrogen-bond acceptors (Lipinski definition) is 2. The van der Waals surface area contributed by atoms with E-state index in [1.165, 1.54) is 50.5 Å². The van der Waals surface area contributed by atoms with Gasteiger partial charge >= 0.3 is 0 Å². The van der Waals surface area contributed by atoms with E-state index >= 15 is 0 Å². The van der Waals surface area contributed by atoms with Gasteiger partial charge in [-0.25, -0.2) is 0 Å². The Hall–Kier alpha value is -0.860. The summed E-state index contributed by atoms with van der Waals surface area (Å²) < 4.78 is 6.13. The lowest BCUT2D eigenvalue weighted by atomic mass is 9.82.